The number of ether oxygens (including phenoxy) is 4. The van der Waals surface area contributed by atoms with E-state index in [2.05, 4.69) is 0 Å². The van der Waals surface area contributed by atoms with Gasteiger partial charge in [0.2, 0.25) is 6.29 Å². The number of benzene rings is 1. The molecule has 112 valence electrons. The van der Waals surface area contributed by atoms with Crippen LogP contribution < -0.4 is 9.47 Å². The van der Waals surface area contributed by atoms with Gasteiger partial charge in [0.05, 0.1) is 30.9 Å². The van der Waals surface area contributed by atoms with Crippen molar-refractivity contribution in [2.24, 2.45) is 0 Å². The number of carbonyl (C=O) groups excluding carboxylic acids is 1. The van der Waals surface area contributed by atoms with Crippen molar-refractivity contribution in [1.82, 2.24) is 0 Å². The number of hydrogen-bond donors (Lipinski definition) is 0. The monoisotopic (exact) mass is 294 g/mol. The minimum atomic E-state index is -0.565. The van der Waals surface area contributed by atoms with E-state index >= 15 is 0 Å². The molecule has 0 fully saturated rings. The van der Waals surface area contributed by atoms with E-state index < -0.39 is 18.2 Å². The zero-order valence-electron chi connectivity index (χ0n) is 11.7. The largest absolute Gasteiger partial charge is 0.494 e. The maximum atomic E-state index is 13.7. The molecular weight excluding hydrogens is 279 g/mol. The third kappa shape index (κ3) is 2.35. The number of Topliss-reactive ketones (excluding diaryl/α,β-unsaturated/α-hetero) is 1. The molecule has 1 aromatic rings. The van der Waals surface area contributed by atoms with Crippen LogP contribution in [0.2, 0.25) is 0 Å². The molecule has 2 heterocycles. The molecule has 0 aliphatic carbocycles. The molecule has 6 heteroatoms. The van der Waals surface area contributed by atoms with Gasteiger partial charge in [-0.3, -0.25) is 4.79 Å². The van der Waals surface area contributed by atoms with Crippen LogP contribution in [0.4, 0.5) is 4.39 Å². The van der Waals surface area contributed by atoms with Crippen molar-refractivity contribution < 1.29 is 28.1 Å². The fourth-order valence-electron chi connectivity index (χ4n) is 2.46. The molecule has 3 rings (SSSR count). The lowest BCUT2D eigenvalue weighted by Crippen LogP contribution is -2.38. The number of carbonyl (C=O) groups is 1. The Morgan fingerprint density at radius 1 is 1.43 bits per heavy atom. The van der Waals surface area contributed by atoms with E-state index in [-0.39, 0.29) is 22.8 Å². The third-order valence-corrected chi connectivity index (χ3v) is 3.48. The molecule has 0 aromatic heterocycles. The molecule has 0 N–H and O–H groups in total. The van der Waals surface area contributed by atoms with Crippen LogP contribution in [0.1, 0.15) is 23.7 Å². The second-order valence-corrected chi connectivity index (χ2v) is 4.75. The summed E-state index contributed by atoms with van der Waals surface area (Å²) < 4.78 is 35.1. The molecule has 0 amide bonds. The van der Waals surface area contributed by atoms with E-state index in [9.17, 15) is 9.18 Å². The summed E-state index contributed by atoms with van der Waals surface area (Å²) in [5.74, 6) is -0.578. The van der Waals surface area contributed by atoms with E-state index in [1.165, 1.54) is 25.5 Å². The van der Waals surface area contributed by atoms with Crippen LogP contribution in [0.3, 0.4) is 0 Å². The predicted octanol–water partition coefficient (Wildman–Crippen LogP) is 2.44. The van der Waals surface area contributed by atoms with Crippen molar-refractivity contribution in [3.8, 4) is 11.5 Å². The van der Waals surface area contributed by atoms with Gasteiger partial charge in [-0.2, -0.15) is 0 Å². The Labute approximate surface area is 121 Å². The minimum absolute atomic E-state index is 0.00803. The number of ketones is 1. The van der Waals surface area contributed by atoms with E-state index in [1.807, 2.05) is 6.92 Å². The first kappa shape index (κ1) is 13.9. The van der Waals surface area contributed by atoms with E-state index in [4.69, 9.17) is 18.9 Å². The molecule has 0 unspecified atom stereocenters. The Bertz CT molecular complexity index is 610. The van der Waals surface area contributed by atoms with Gasteiger partial charge in [0.1, 0.15) is 11.9 Å². The Morgan fingerprint density at radius 2 is 2.24 bits per heavy atom. The highest BCUT2D eigenvalue weighted by molar-refractivity contribution is 6.12. The zero-order valence-corrected chi connectivity index (χ0v) is 11.7. The van der Waals surface area contributed by atoms with Gasteiger partial charge in [-0.05, 0) is 13.0 Å². The summed E-state index contributed by atoms with van der Waals surface area (Å²) in [6.07, 6.45) is 0.818. The molecule has 0 bridgehead atoms. The summed E-state index contributed by atoms with van der Waals surface area (Å²) in [6.45, 7) is 2.35. The van der Waals surface area contributed by atoms with Gasteiger partial charge in [-0.25, -0.2) is 4.39 Å². The van der Waals surface area contributed by atoms with Crippen molar-refractivity contribution in [3.05, 3.63) is 35.3 Å². The highest BCUT2D eigenvalue weighted by Gasteiger charge is 2.38. The fraction of sp³-hybridized carbons (Fsp3) is 0.400. The van der Waals surface area contributed by atoms with Crippen molar-refractivity contribution in [2.45, 2.75) is 25.7 Å². The summed E-state index contributed by atoms with van der Waals surface area (Å²) in [5, 5.41) is 0. The molecule has 2 aliphatic rings. The summed E-state index contributed by atoms with van der Waals surface area (Å²) in [4.78, 5) is 12.4. The first-order valence-electron chi connectivity index (χ1n) is 6.70. The predicted molar refractivity (Wildman–Crippen MR) is 70.9 cm³/mol. The molecule has 0 radical (unpaired) electrons. The Balaban J connectivity index is 1.95. The van der Waals surface area contributed by atoms with Crippen molar-refractivity contribution in [3.63, 3.8) is 0 Å². The van der Waals surface area contributed by atoms with E-state index in [0.29, 0.717) is 18.6 Å². The van der Waals surface area contributed by atoms with Gasteiger partial charge in [-0.15, -0.1) is 0 Å². The molecule has 0 spiro atoms. The Kier molecular flexibility index (Phi) is 3.55. The van der Waals surface area contributed by atoms with Gasteiger partial charge in [-0.1, -0.05) is 0 Å². The number of methoxy groups -OCH3 is 1. The lowest BCUT2D eigenvalue weighted by Gasteiger charge is -2.33. The number of fused-ring (bicyclic) bond motifs is 2. The fourth-order valence-corrected chi connectivity index (χ4v) is 2.46. The number of halogens is 1. The summed E-state index contributed by atoms with van der Waals surface area (Å²) in [5.41, 5.74) is 0.682. The van der Waals surface area contributed by atoms with Gasteiger partial charge >= 0.3 is 0 Å². The molecule has 1 aromatic carbocycles. The van der Waals surface area contributed by atoms with Crippen LogP contribution >= 0.6 is 0 Å². The van der Waals surface area contributed by atoms with Gasteiger partial charge in [0.15, 0.2) is 17.3 Å². The molecule has 0 saturated heterocycles. The topological polar surface area (TPSA) is 54.0 Å². The Morgan fingerprint density at radius 3 is 2.95 bits per heavy atom. The highest BCUT2D eigenvalue weighted by Crippen LogP contribution is 2.38. The molecule has 5 nitrogen and oxygen atoms in total. The van der Waals surface area contributed by atoms with Crippen molar-refractivity contribution in [1.29, 1.82) is 0 Å². The van der Waals surface area contributed by atoms with Crippen LogP contribution in [-0.4, -0.2) is 31.9 Å². The number of rotatable bonds is 3. The summed E-state index contributed by atoms with van der Waals surface area (Å²) >= 11 is 0. The van der Waals surface area contributed by atoms with Gasteiger partial charge in [0.25, 0.3) is 0 Å². The van der Waals surface area contributed by atoms with Crippen molar-refractivity contribution in [2.75, 3.05) is 13.7 Å². The normalized spacial score (nSPS) is 23.4. The van der Waals surface area contributed by atoms with Gasteiger partial charge < -0.3 is 18.9 Å². The van der Waals surface area contributed by atoms with E-state index in [0.717, 1.165) is 0 Å². The summed E-state index contributed by atoms with van der Waals surface area (Å²) in [6, 6.07) is 2.52. The van der Waals surface area contributed by atoms with Crippen molar-refractivity contribution >= 4 is 5.78 Å². The van der Waals surface area contributed by atoms with Crippen LogP contribution in [0.25, 0.3) is 0 Å². The van der Waals surface area contributed by atoms with E-state index in [1.54, 1.807) is 0 Å². The second-order valence-electron chi connectivity index (χ2n) is 4.75. The third-order valence-electron chi connectivity index (χ3n) is 3.48. The van der Waals surface area contributed by atoms with Crippen LogP contribution in [0.5, 0.6) is 11.5 Å². The average molecular weight is 294 g/mol. The van der Waals surface area contributed by atoms with Crippen LogP contribution in [0.15, 0.2) is 24.0 Å². The maximum Gasteiger partial charge on any atom is 0.202 e. The molecule has 2 aliphatic heterocycles. The average Bonchev–Trinajstić information content (AvgIpc) is 2.47. The lowest BCUT2D eigenvalue weighted by atomic mass is 9.93. The summed E-state index contributed by atoms with van der Waals surface area (Å²) in [7, 11) is 1.34. The smallest absolute Gasteiger partial charge is 0.202 e. The van der Waals surface area contributed by atoms with Crippen LogP contribution in [-0.2, 0) is 9.47 Å². The first-order chi connectivity index (χ1) is 10.1. The SMILES string of the molecule is CCO[C@@H]1C[C@H]2Oc3cc(F)c(OC)cc3C(=O)C2=CO1. The molecular formula is C15H15FO5. The molecule has 0 saturated carbocycles. The minimum Gasteiger partial charge on any atom is -0.494 e. The van der Waals surface area contributed by atoms with Crippen LogP contribution in [0, 0.1) is 5.82 Å². The maximum absolute atomic E-state index is 13.7. The Hall–Kier alpha value is -2.08. The second kappa shape index (κ2) is 5.37. The standard InChI is InChI=1S/C15H15FO5/c1-3-19-14-6-12-9(7-20-14)15(17)8-4-13(18-2)10(16)5-11(8)21-12/h4-5,7,12,14H,3,6H2,1-2H3/t12-,14+/m1/s1. The highest BCUT2D eigenvalue weighted by atomic mass is 19.1. The quantitative estimate of drug-likeness (QED) is 0.857. The molecule has 21 heavy (non-hydrogen) atoms. The first-order valence-corrected chi connectivity index (χ1v) is 6.70. The lowest BCUT2D eigenvalue weighted by molar-refractivity contribution is -0.127. The van der Waals surface area contributed by atoms with Gasteiger partial charge in [0, 0.05) is 12.7 Å². The molecule has 2 atom stereocenters. The zero-order chi connectivity index (χ0) is 15.0. The number of hydrogen-bond acceptors (Lipinski definition) is 5.